The normalized spacial score (nSPS) is 12.3. The first kappa shape index (κ1) is 11.5. The molecule has 0 aliphatic rings. The van der Waals surface area contributed by atoms with Crippen molar-refractivity contribution >= 4 is 26.7 Å². The Hall–Kier alpha value is -1.000. The monoisotopic (exact) mass is 295 g/mol. The summed E-state index contributed by atoms with van der Waals surface area (Å²) in [6.07, 6.45) is 1.72. The number of nitrogens with zero attached hydrogens (tertiary/aromatic N) is 1. The Labute approximate surface area is 105 Å². The molecular weight excluding hydrogens is 286 g/mol. The fourth-order valence-electron chi connectivity index (χ4n) is 1.31. The van der Waals surface area contributed by atoms with Crippen LogP contribution in [0.3, 0.4) is 0 Å². The Morgan fingerprint density at radius 1 is 1.19 bits per heavy atom. The van der Waals surface area contributed by atoms with Crippen LogP contribution in [0.25, 0.3) is 0 Å². The first-order valence-corrected chi connectivity index (χ1v) is 6.91. The van der Waals surface area contributed by atoms with Crippen molar-refractivity contribution in [2.24, 2.45) is 0 Å². The molecule has 0 spiro atoms. The summed E-state index contributed by atoms with van der Waals surface area (Å²) in [5.74, 6) is 0.456. The smallest absolute Gasteiger partial charge is 0.0705 e. The molecule has 2 aromatic rings. The van der Waals surface area contributed by atoms with Crippen molar-refractivity contribution in [3.63, 3.8) is 0 Å². The molecule has 16 heavy (non-hydrogen) atoms. The summed E-state index contributed by atoms with van der Waals surface area (Å²) >= 11 is 3.37. The van der Waals surface area contributed by atoms with Crippen LogP contribution in [0.1, 0.15) is 5.69 Å². The van der Waals surface area contributed by atoms with E-state index in [0.29, 0.717) is 5.75 Å². The van der Waals surface area contributed by atoms with Gasteiger partial charge in [0.2, 0.25) is 0 Å². The van der Waals surface area contributed by atoms with E-state index in [9.17, 15) is 4.21 Å². The standard InChI is InChI=1S/C12H10BrNOS/c13-10-4-3-6-12(8-10)16(15)9-11-5-1-2-7-14-11/h1-8H,9H2/t16-/m1/s1. The molecule has 1 atom stereocenters. The largest absolute Gasteiger partial charge is 0.260 e. The summed E-state index contributed by atoms with van der Waals surface area (Å²) < 4.78 is 13.0. The molecule has 4 heteroatoms. The number of rotatable bonds is 3. The first-order chi connectivity index (χ1) is 7.75. The van der Waals surface area contributed by atoms with E-state index < -0.39 is 10.8 Å². The summed E-state index contributed by atoms with van der Waals surface area (Å²) in [5, 5.41) is 0. The summed E-state index contributed by atoms with van der Waals surface area (Å²) in [7, 11) is -1.04. The summed E-state index contributed by atoms with van der Waals surface area (Å²) in [6.45, 7) is 0. The van der Waals surface area contributed by atoms with Gasteiger partial charge in [-0.05, 0) is 30.3 Å². The second kappa shape index (κ2) is 5.37. The molecule has 2 nitrogen and oxygen atoms in total. The highest BCUT2D eigenvalue weighted by molar-refractivity contribution is 9.10. The van der Waals surface area contributed by atoms with Crippen molar-refractivity contribution in [3.8, 4) is 0 Å². The van der Waals surface area contributed by atoms with Crippen LogP contribution in [0.15, 0.2) is 58.0 Å². The van der Waals surface area contributed by atoms with Gasteiger partial charge in [0, 0.05) is 15.6 Å². The third-order valence-corrected chi connectivity index (χ3v) is 3.90. The lowest BCUT2D eigenvalue weighted by atomic mass is 10.4. The maximum atomic E-state index is 12.0. The second-order valence-corrected chi connectivity index (χ2v) is 5.64. The highest BCUT2D eigenvalue weighted by atomic mass is 79.9. The van der Waals surface area contributed by atoms with Crippen molar-refractivity contribution in [2.75, 3.05) is 0 Å². The maximum absolute atomic E-state index is 12.0. The Bertz CT molecular complexity index is 501. The van der Waals surface area contributed by atoms with Crippen LogP contribution in [-0.4, -0.2) is 9.19 Å². The molecule has 0 saturated heterocycles. The minimum Gasteiger partial charge on any atom is -0.260 e. The van der Waals surface area contributed by atoms with Crippen LogP contribution in [-0.2, 0) is 16.6 Å². The quantitative estimate of drug-likeness (QED) is 0.871. The van der Waals surface area contributed by atoms with E-state index in [-0.39, 0.29) is 0 Å². The van der Waals surface area contributed by atoms with Gasteiger partial charge >= 0.3 is 0 Å². The molecule has 0 saturated carbocycles. The van der Waals surface area contributed by atoms with Crippen LogP contribution >= 0.6 is 15.9 Å². The van der Waals surface area contributed by atoms with E-state index in [1.54, 1.807) is 6.20 Å². The van der Waals surface area contributed by atoms with E-state index in [0.717, 1.165) is 15.1 Å². The number of pyridine rings is 1. The lowest BCUT2D eigenvalue weighted by molar-refractivity contribution is 0.682. The zero-order valence-electron chi connectivity index (χ0n) is 8.47. The van der Waals surface area contributed by atoms with Crippen LogP contribution in [0.2, 0.25) is 0 Å². The van der Waals surface area contributed by atoms with Crippen LogP contribution < -0.4 is 0 Å². The second-order valence-electron chi connectivity index (χ2n) is 3.27. The van der Waals surface area contributed by atoms with Crippen LogP contribution in [0.4, 0.5) is 0 Å². The zero-order valence-corrected chi connectivity index (χ0v) is 10.9. The molecule has 82 valence electrons. The van der Waals surface area contributed by atoms with Crippen molar-refractivity contribution in [3.05, 3.63) is 58.8 Å². The van der Waals surface area contributed by atoms with Gasteiger partial charge in [-0.2, -0.15) is 0 Å². The topological polar surface area (TPSA) is 30.0 Å². The molecule has 0 aliphatic heterocycles. The van der Waals surface area contributed by atoms with Crippen molar-refractivity contribution in [1.29, 1.82) is 0 Å². The third-order valence-electron chi connectivity index (χ3n) is 2.06. The number of halogens is 1. The molecule has 1 aromatic heterocycles. The number of hydrogen-bond donors (Lipinski definition) is 0. The van der Waals surface area contributed by atoms with E-state index in [4.69, 9.17) is 0 Å². The van der Waals surface area contributed by atoms with Crippen molar-refractivity contribution in [1.82, 2.24) is 4.98 Å². The molecule has 1 aromatic carbocycles. The molecule has 0 N–H and O–H groups in total. The highest BCUT2D eigenvalue weighted by Gasteiger charge is 2.05. The molecule has 2 rings (SSSR count). The highest BCUT2D eigenvalue weighted by Crippen LogP contribution is 2.16. The predicted octanol–water partition coefficient (Wildman–Crippen LogP) is 3.15. The van der Waals surface area contributed by atoms with Gasteiger partial charge in [0.15, 0.2) is 0 Å². The Morgan fingerprint density at radius 2 is 2.06 bits per heavy atom. The number of benzene rings is 1. The Balaban J connectivity index is 2.15. The summed E-state index contributed by atoms with van der Waals surface area (Å²) in [4.78, 5) is 4.98. The van der Waals surface area contributed by atoms with E-state index in [1.807, 2.05) is 42.5 Å². The lowest BCUT2D eigenvalue weighted by Crippen LogP contribution is -1.98. The van der Waals surface area contributed by atoms with Gasteiger partial charge in [0.25, 0.3) is 0 Å². The minimum absolute atomic E-state index is 0.456. The summed E-state index contributed by atoms with van der Waals surface area (Å²) in [5.41, 5.74) is 0.848. The molecule has 0 bridgehead atoms. The van der Waals surface area contributed by atoms with Gasteiger partial charge in [-0.1, -0.05) is 28.1 Å². The molecule has 0 unspecified atom stereocenters. The predicted molar refractivity (Wildman–Crippen MR) is 68.5 cm³/mol. The molecule has 0 aliphatic carbocycles. The minimum atomic E-state index is -1.04. The zero-order chi connectivity index (χ0) is 11.4. The van der Waals surface area contributed by atoms with E-state index in [2.05, 4.69) is 20.9 Å². The average Bonchev–Trinajstić information content (AvgIpc) is 2.30. The SMILES string of the molecule is O=[S@](Cc1ccccn1)c1cccc(Br)c1. The Morgan fingerprint density at radius 3 is 2.75 bits per heavy atom. The maximum Gasteiger partial charge on any atom is 0.0705 e. The van der Waals surface area contributed by atoms with Crippen LogP contribution in [0.5, 0.6) is 0 Å². The Kier molecular flexibility index (Phi) is 3.85. The van der Waals surface area contributed by atoms with Gasteiger partial charge in [-0.15, -0.1) is 0 Å². The fourth-order valence-corrected chi connectivity index (χ4v) is 2.96. The first-order valence-electron chi connectivity index (χ1n) is 4.79. The van der Waals surface area contributed by atoms with Gasteiger partial charge in [-0.25, -0.2) is 0 Å². The molecule has 1 heterocycles. The van der Waals surface area contributed by atoms with Gasteiger partial charge in [0.05, 0.1) is 22.2 Å². The molecule has 0 fully saturated rings. The van der Waals surface area contributed by atoms with E-state index in [1.165, 1.54) is 0 Å². The van der Waals surface area contributed by atoms with E-state index >= 15 is 0 Å². The number of aromatic nitrogens is 1. The lowest BCUT2D eigenvalue weighted by Gasteiger charge is -2.02. The van der Waals surface area contributed by atoms with Crippen molar-refractivity contribution in [2.45, 2.75) is 10.6 Å². The fraction of sp³-hybridized carbons (Fsp3) is 0.0833. The molecular formula is C12H10BrNOS. The molecule has 0 amide bonds. The average molecular weight is 296 g/mol. The van der Waals surface area contributed by atoms with Crippen molar-refractivity contribution < 1.29 is 4.21 Å². The number of hydrogen-bond acceptors (Lipinski definition) is 2. The van der Waals surface area contributed by atoms with Gasteiger partial charge in [-0.3, -0.25) is 9.19 Å². The van der Waals surface area contributed by atoms with Gasteiger partial charge < -0.3 is 0 Å². The third kappa shape index (κ3) is 3.00. The van der Waals surface area contributed by atoms with Crippen LogP contribution in [0, 0.1) is 0 Å². The molecule has 0 radical (unpaired) electrons. The summed E-state index contributed by atoms with van der Waals surface area (Å²) in [6, 6.07) is 13.2. The van der Waals surface area contributed by atoms with Gasteiger partial charge in [0.1, 0.15) is 0 Å².